The molecule has 6 N–H and O–H groups in total. The molecule has 1 aromatic carbocycles. The minimum absolute atomic E-state index is 0.283. The van der Waals surface area contributed by atoms with E-state index in [1.807, 2.05) is 59.7 Å². The first-order valence-electron chi connectivity index (χ1n) is 15.7. The van der Waals surface area contributed by atoms with Gasteiger partial charge in [-0.05, 0) is 56.9 Å². The first-order valence-corrected chi connectivity index (χ1v) is 15.7. The highest BCUT2D eigenvalue weighted by atomic mass is 16.3. The molecule has 0 aliphatic heterocycles. The highest BCUT2D eigenvalue weighted by molar-refractivity contribution is 5.91. The summed E-state index contributed by atoms with van der Waals surface area (Å²) in [7, 11) is 0. The number of nitrogens with zero attached hydrogens (tertiary/aromatic N) is 1. The number of aliphatic hydroxyl groups is 1. The molecule has 5 amide bonds. The van der Waals surface area contributed by atoms with Gasteiger partial charge in [-0.2, -0.15) is 0 Å². The van der Waals surface area contributed by atoms with Crippen LogP contribution in [-0.4, -0.2) is 70.6 Å². The number of amides is 5. The Morgan fingerprint density at radius 1 is 0.977 bits per heavy atom. The van der Waals surface area contributed by atoms with Crippen molar-refractivity contribution in [2.75, 3.05) is 13.1 Å². The van der Waals surface area contributed by atoms with Crippen LogP contribution in [0.4, 0.5) is 4.79 Å². The molecule has 240 valence electrons. The van der Waals surface area contributed by atoms with Crippen molar-refractivity contribution >= 4 is 23.8 Å². The third-order valence-corrected chi connectivity index (χ3v) is 8.79. The summed E-state index contributed by atoms with van der Waals surface area (Å²) in [5, 5.41) is 19.1. The molecule has 10 heteroatoms. The number of urea groups is 1. The number of primary amides is 1. The summed E-state index contributed by atoms with van der Waals surface area (Å²) in [4.78, 5) is 54.4. The van der Waals surface area contributed by atoms with Crippen molar-refractivity contribution in [2.24, 2.45) is 17.1 Å². The molecule has 2 aliphatic carbocycles. The van der Waals surface area contributed by atoms with E-state index in [0.717, 1.165) is 50.5 Å². The van der Waals surface area contributed by atoms with E-state index in [1.165, 1.54) is 0 Å². The monoisotopic (exact) mass is 599 g/mol. The lowest BCUT2D eigenvalue weighted by molar-refractivity contribution is -0.141. The molecule has 0 heterocycles. The van der Waals surface area contributed by atoms with Crippen LogP contribution in [0.25, 0.3) is 0 Å². The van der Waals surface area contributed by atoms with Crippen LogP contribution in [0.15, 0.2) is 30.3 Å². The average Bonchev–Trinajstić information content (AvgIpc) is 3.36. The second-order valence-electron chi connectivity index (χ2n) is 14.7. The second-order valence-corrected chi connectivity index (χ2v) is 14.7. The van der Waals surface area contributed by atoms with Crippen LogP contribution in [0.5, 0.6) is 0 Å². The van der Waals surface area contributed by atoms with Gasteiger partial charge in [0.1, 0.15) is 6.04 Å². The number of aliphatic hydroxyl groups excluding tert-OH is 1. The minimum atomic E-state index is -1.52. The van der Waals surface area contributed by atoms with Gasteiger partial charge in [0.2, 0.25) is 17.7 Å². The topological polar surface area (TPSA) is 154 Å². The molecule has 43 heavy (non-hydrogen) atoms. The predicted molar refractivity (Wildman–Crippen MR) is 167 cm³/mol. The smallest absolute Gasteiger partial charge is 0.315 e. The molecule has 10 nitrogen and oxygen atoms in total. The van der Waals surface area contributed by atoms with Gasteiger partial charge in [0, 0.05) is 17.5 Å². The zero-order valence-corrected chi connectivity index (χ0v) is 26.9. The number of carbonyl (C=O) groups excluding carboxylic acids is 4. The van der Waals surface area contributed by atoms with E-state index in [9.17, 15) is 24.3 Å². The summed E-state index contributed by atoms with van der Waals surface area (Å²) in [5.74, 6) is -1.44. The Hall–Kier alpha value is -3.14. The van der Waals surface area contributed by atoms with Crippen molar-refractivity contribution in [1.82, 2.24) is 20.9 Å². The molecule has 0 bridgehead atoms. The normalized spacial score (nSPS) is 19.0. The molecule has 0 aromatic heterocycles. The Labute approximate surface area is 256 Å². The van der Waals surface area contributed by atoms with E-state index < -0.39 is 47.0 Å². The third-order valence-electron chi connectivity index (χ3n) is 8.79. The van der Waals surface area contributed by atoms with Crippen molar-refractivity contribution in [3.05, 3.63) is 35.9 Å². The Bertz CT molecular complexity index is 1120. The predicted octanol–water partition coefficient (Wildman–Crippen LogP) is 3.36. The second kappa shape index (κ2) is 14.1. The lowest BCUT2D eigenvalue weighted by Gasteiger charge is -2.40. The molecule has 2 unspecified atom stereocenters. The van der Waals surface area contributed by atoms with Gasteiger partial charge in [-0.1, -0.05) is 83.2 Å². The molecular weight excluding hydrogens is 546 g/mol. The van der Waals surface area contributed by atoms with Crippen molar-refractivity contribution in [2.45, 2.75) is 122 Å². The van der Waals surface area contributed by atoms with E-state index in [2.05, 4.69) is 28.1 Å². The van der Waals surface area contributed by atoms with Crippen LogP contribution in [0.1, 0.15) is 98.5 Å². The standard InChI is InChI=1S/C33H53N5O5/c1-31(2,3)27(36-30(43)37-32(4,5)6)29(42)38(21-33(17-10-11-18-33)23-15-8-7-9-16-23)20-25(39)35-24(26(40)28(34)41)19-22-13-12-14-22/h7-9,15-16,22,24,26-27,40H,10-14,17-21H2,1-6H3,(H2,34,41)(H,35,39)(H2,36,37,43)/t24?,26?,27-/m1/s1. The van der Waals surface area contributed by atoms with Gasteiger partial charge in [-0.3, -0.25) is 14.4 Å². The molecule has 2 aliphatic rings. The molecule has 3 rings (SSSR count). The SMILES string of the molecule is CC(C)(C)NC(=O)N[C@H](C(=O)N(CC(=O)NC(CC1CCC1)C(O)C(N)=O)CC1(c2ccccc2)CCCC1)C(C)(C)C. The highest BCUT2D eigenvalue weighted by Gasteiger charge is 2.43. The number of benzene rings is 1. The van der Waals surface area contributed by atoms with Crippen molar-refractivity contribution < 1.29 is 24.3 Å². The van der Waals surface area contributed by atoms with Gasteiger partial charge in [0.25, 0.3) is 0 Å². The van der Waals surface area contributed by atoms with Crippen molar-refractivity contribution in [3.63, 3.8) is 0 Å². The first-order chi connectivity index (χ1) is 20.0. The Balaban J connectivity index is 1.93. The average molecular weight is 600 g/mol. The Morgan fingerprint density at radius 3 is 2.07 bits per heavy atom. The van der Waals surface area contributed by atoms with Gasteiger partial charge >= 0.3 is 6.03 Å². The Morgan fingerprint density at radius 2 is 1.58 bits per heavy atom. The third kappa shape index (κ3) is 9.68. The van der Waals surface area contributed by atoms with Crippen LogP contribution in [0.2, 0.25) is 0 Å². The van der Waals surface area contributed by atoms with Gasteiger partial charge < -0.3 is 31.7 Å². The lowest BCUT2D eigenvalue weighted by Crippen LogP contribution is -2.61. The Kier molecular flexibility index (Phi) is 11.3. The molecule has 1 aromatic rings. The van der Waals surface area contributed by atoms with Gasteiger partial charge in [-0.15, -0.1) is 0 Å². The van der Waals surface area contributed by atoms with Gasteiger partial charge in [0.15, 0.2) is 6.10 Å². The fourth-order valence-electron chi connectivity index (χ4n) is 6.28. The summed E-state index contributed by atoms with van der Waals surface area (Å²) >= 11 is 0. The largest absolute Gasteiger partial charge is 0.381 e. The summed E-state index contributed by atoms with van der Waals surface area (Å²) in [6.07, 6.45) is 5.68. The summed E-state index contributed by atoms with van der Waals surface area (Å²) in [6.45, 7) is 11.2. The van der Waals surface area contributed by atoms with Gasteiger partial charge in [0.05, 0.1) is 12.6 Å². The number of hydrogen-bond donors (Lipinski definition) is 5. The maximum atomic E-state index is 14.4. The maximum absolute atomic E-state index is 14.4. The molecule has 2 saturated carbocycles. The molecular formula is C33H53N5O5. The van der Waals surface area contributed by atoms with Gasteiger partial charge in [-0.25, -0.2) is 4.79 Å². The fourth-order valence-corrected chi connectivity index (χ4v) is 6.28. The van der Waals surface area contributed by atoms with Crippen molar-refractivity contribution in [1.29, 1.82) is 0 Å². The summed E-state index contributed by atoms with van der Waals surface area (Å²) in [6, 6.07) is 7.86. The van der Waals surface area contributed by atoms with E-state index in [-0.39, 0.29) is 17.9 Å². The summed E-state index contributed by atoms with van der Waals surface area (Å²) < 4.78 is 0. The maximum Gasteiger partial charge on any atom is 0.315 e. The fraction of sp³-hybridized carbons (Fsp3) is 0.697. The molecule has 0 spiro atoms. The number of hydrogen-bond acceptors (Lipinski definition) is 5. The summed E-state index contributed by atoms with van der Waals surface area (Å²) in [5.41, 5.74) is 5.02. The number of rotatable bonds is 12. The van der Waals surface area contributed by atoms with Crippen LogP contribution in [-0.2, 0) is 19.8 Å². The van der Waals surface area contributed by atoms with Crippen molar-refractivity contribution in [3.8, 4) is 0 Å². The molecule has 0 radical (unpaired) electrons. The quantitative estimate of drug-likeness (QED) is 0.249. The van der Waals surface area contributed by atoms with Crippen LogP contribution in [0.3, 0.4) is 0 Å². The zero-order chi connectivity index (χ0) is 32.0. The van der Waals surface area contributed by atoms with Crippen LogP contribution < -0.4 is 21.7 Å². The minimum Gasteiger partial charge on any atom is -0.381 e. The lowest BCUT2D eigenvalue weighted by atomic mass is 9.77. The number of nitrogens with two attached hydrogens (primary N) is 1. The van der Waals surface area contributed by atoms with Crippen LogP contribution >= 0.6 is 0 Å². The zero-order valence-electron chi connectivity index (χ0n) is 26.9. The van der Waals surface area contributed by atoms with E-state index in [4.69, 9.17) is 5.73 Å². The molecule has 2 fully saturated rings. The molecule has 0 saturated heterocycles. The first kappa shape index (κ1) is 34.4. The highest BCUT2D eigenvalue weighted by Crippen LogP contribution is 2.42. The molecule has 3 atom stereocenters. The van der Waals surface area contributed by atoms with E-state index >= 15 is 0 Å². The number of nitrogens with one attached hydrogen (secondary N) is 3. The van der Waals surface area contributed by atoms with E-state index in [0.29, 0.717) is 18.9 Å². The number of carbonyl (C=O) groups is 4. The van der Waals surface area contributed by atoms with Crippen LogP contribution in [0, 0.1) is 11.3 Å². The van der Waals surface area contributed by atoms with E-state index in [1.54, 1.807) is 4.90 Å².